The summed E-state index contributed by atoms with van der Waals surface area (Å²) in [6.45, 7) is 3.71. The fraction of sp³-hybridized carbons (Fsp3) is 0.167. The number of nitrogens with one attached hydrogen (secondary N) is 2. The van der Waals surface area contributed by atoms with Crippen LogP contribution in [0.3, 0.4) is 0 Å². The third-order valence-corrected chi connectivity index (χ3v) is 4.29. The van der Waals surface area contributed by atoms with E-state index in [2.05, 4.69) is 22.5 Å². The topological polar surface area (TPSA) is 80.6 Å². The fourth-order valence-electron chi connectivity index (χ4n) is 2.78. The normalized spacial score (nSPS) is 11.0. The van der Waals surface area contributed by atoms with Crippen molar-refractivity contribution in [1.29, 1.82) is 0 Å². The zero-order valence-corrected chi connectivity index (χ0v) is 17.0. The van der Waals surface area contributed by atoms with Gasteiger partial charge in [0.15, 0.2) is 0 Å². The highest BCUT2D eigenvalue weighted by Gasteiger charge is 2.12. The van der Waals surface area contributed by atoms with Crippen molar-refractivity contribution in [3.63, 3.8) is 0 Å². The second-order valence-corrected chi connectivity index (χ2v) is 6.67. The van der Waals surface area contributed by atoms with E-state index in [1.807, 2.05) is 44.2 Å². The maximum Gasteiger partial charge on any atom is 0.337 e. The van der Waals surface area contributed by atoms with Gasteiger partial charge in [0, 0.05) is 16.8 Å². The number of benzene rings is 2. The number of rotatable bonds is 4. The summed E-state index contributed by atoms with van der Waals surface area (Å²) in [5.41, 5.74) is 2.48. The fourth-order valence-corrected chi connectivity index (χ4v) is 2.78. The van der Waals surface area contributed by atoms with Crippen molar-refractivity contribution in [3.05, 3.63) is 88.9 Å². The highest BCUT2D eigenvalue weighted by atomic mass is 16.5. The van der Waals surface area contributed by atoms with Crippen LogP contribution in [0.4, 0.5) is 10.5 Å². The van der Waals surface area contributed by atoms with Gasteiger partial charge in [0.2, 0.25) is 0 Å². The first kappa shape index (κ1) is 20.7. The van der Waals surface area contributed by atoms with Crippen molar-refractivity contribution in [2.75, 3.05) is 12.4 Å². The van der Waals surface area contributed by atoms with Crippen LogP contribution in [-0.4, -0.2) is 19.1 Å². The third kappa shape index (κ3) is 5.52. The number of esters is 1. The maximum atomic E-state index is 12.3. The SMILES string of the molecule is COC(=O)c1cccc(C#Cc2cccc(NC(=O)NC(C)c3ccc(C)o3)c2)c1. The molecule has 3 aromatic rings. The molecule has 0 spiro atoms. The molecule has 0 fully saturated rings. The van der Waals surface area contributed by atoms with Gasteiger partial charge < -0.3 is 19.8 Å². The molecule has 2 amide bonds. The van der Waals surface area contributed by atoms with E-state index in [9.17, 15) is 9.59 Å². The van der Waals surface area contributed by atoms with Crippen LogP contribution in [-0.2, 0) is 4.74 Å². The number of carbonyl (C=O) groups excluding carboxylic acids is 2. The van der Waals surface area contributed by atoms with Crippen LogP contribution in [0, 0.1) is 18.8 Å². The number of hydrogen-bond donors (Lipinski definition) is 2. The molecule has 1 unspecified atom stereocenters. The number of urea groups is 1. The summed E-state index contributed by atoms with van der Waals surface area (Å²) >= 11 is 0. The van der Waals surface area contributed by atoms with Crippen LogP contribution in [0.25, 0.3) is 0 Å². The standard InChI is InChI=1S/C24H22N2O4/c1-16-10-13-22(30-16)17(2)25-24(28)26-21-9-5-7-19(15-21)12-11-18-6-4-8-20(14-18)23(27)29-3/h4-10,13-15,17H,1-3H3,(H2,25,26,28). The van der Waals surface area contributed by atoms with E-state index in [4.69, 9.17) is 9.15 Å². The minimum atomic E-state index is -0.408. The molecule has 6 heteroatoms. The predicted octanol–water partition coefficient (Wildman–Crippen LogP) is 4.66. The van der Waals surface area contributed by atoms with Crippen molar-refractivity contribution >= 4 is 17.7 Å². The summed E-state index contributed by atoms with van der Waals surface area (Å²) in [4.78, 5) is 23.9. The molecule has 30 heavy (non-hydrogen) atoms. The number of anilines is 1. The van der Waals surface area contributed by atoms with Gasteiger partial charge in [-0.3, -0.25) is 0 Å². The lowest BCUT2D eigenvalue weighted by Gasteiger charge is -2.12. The van der Waals surface area contributed by atoms with Gasteiger partial charge in [-0.15, -0.1) is 0 Å². The van der Waals surface area contributed by atoms with E-state index >= 15 is 0 Å². The lowest BCUT2D eigenvalue weighted by molar-refractivity contribution is 0.0600. The summed E-state index contributed by atoms with van der Waals surface area (Å²) < 4.78 is 10.3. The quantitative estimate of drug-likeness (QED) is 0.491. The molecule has 2 N–H and O–H groups in total. The Morgan fingerprint density at radius 2 is 1.70 bits per heavy atom. The smallest absolute Gasteiger partial charge is 0.337 e. The van der Waals surface area contributed by atoms with Crippen molar-refractivity contribution < 1.29 is 18.7 Å². The summed E-state index contributed by atoms with van der Waals surface area (Å²) in [5, 5.41) is 5.63. The number of methoxy groups -OCH3 is 1. The van der Waals surface area contributed by atoms with Crippen LogP contribution in [0.5, 0.6) is 0 Å². The Bertz CT molecular complexity index is 1120. The van der Waals surface area contributed by atoms with E-state index < -0.39 is 5.97 Å². The van der Waals surface area contributed by atoms with E-state index in [0.717, 1.165) is 11.3 Å². The first-order chi connectivity index (χ1) is 14.4. The lowest BCUT2D eigenvalue weighted by Crippen LogP contribution is -2.30. The number of ether oxygens (including phenoxy) is 1. The molecular weight excluding hydrogens is 380 g/mol. The average Bonchev–Trinajstić information content (AvgIpc) is 3.18. The number of amides is 2. The molecule has 1 aromatic heterocycles. The minimum Gasteiger partial charge on any atom is -0.465 e. The summed E-state index contributed by atoms with van der Waals surface area (Å²) in [5.74, 6) is 7.14. The molecule has 6 nitrogen and oxygen atoms in total. The molecule has 0 aliphatic rings. The monoisotopic (exact) mass is 402 g/mol. The highest BCUT2D eigenvalue weighted by molar-refractivity contribution is 5.90. The summed E-state index contributed by atoms with van der Waals surface area (Å²) in [7, 11) is 1.34. The van der Waals surface area contributed by atoms with E-state index in [-0.39, 0.29) is 12.1 Å². The van der Waals surface area contributed by atoms with Crippen molar-refractivity contribution in [2.24, 2.45) is 0 Å². The molecule has 0 saturated heterocycles. The van der Waals surface area contributed by atoms with Gasteiger partial charge in [0.05, 0.1) is 18.7 Å². The second kappa shape index (κ2) is 9.48. The number of hydrogen-bond acceptors (Lipinski definition) is 4. The molecule has 0 bridgehead atoms. The largest absolute Gasteiger partial charge is 0.465 e. The molecule has 0 radical (unpaired) electrons. The van der Waals surface area contributed by atoms with E-state index in [1.54, 1.807) is 30.3 Å². The molecule has 1 heterocycles. The number of carbonyl (C=O) groups is 2. The third-order valence-electron chi connectivity index (χ3n) is 4.29. The number of aryl methyl sites for hydroxylation is 1. The van der Waals surface area contributed by atoms with E-state index in [0.29, 0.717) is 22.6 Å². The van der Waals surface area contributed by atoms with Crippen LogP contribution >= 0.6 is 0 Å². The van der Waals surface area contributed by atoms with Gasteiger partial charge >= 0.3 is 12.0 Å². The van der Waals surface area contributed by atoms with Crippen molar-refractivity contribution in [2.45, 2.75) is 19.9 Å². The van der Waals surface area contributed by atoms with Crippen LogP contribution in [0.2, 0.25) is 0 Å². The first-order valence-electron chi connectivity index (χ1n) is 9.39. The van der Waals surface area contributed by atoms with Gasteiger partial charge in [-0.2, -0.15) is 0 Å². The van der Waals surface area contributed by atoms with Gasteiger partial charge in [-0.25, -0.2) is 9.59 Å². The number of furan rings is 1. The first-order valence-corrected chi connectivity index (χ1v) is 9.39. The Kier molecular flexibility index (Phi) is 6.56. The van der Waals surface area contributed by atoms with Crippen LogP contribution in [0.15, 0.2) is 65.1 Å². The van der Waals surface area contributed by atoms with Gasteiger partial charge in [0.1, 0.15) is 11.5 Å². The van der Waals surface area contributed by atoms with Crippen molar-refractivity contribution in [1.82, 2.24) is 5.32 Å². The molecule has 0 aliphatic carbocycles. The van der Waals surface area contributed by atoms with Crippen LogP contribution < -0.4 is 10.6 Å². The average molecular weight is 402 g/mol. The molecule has 0 saturated carbocycles. The summed E-state index contributed by atoms with van der Waals surface area (Å²) in [6, 6.07) is 17.2. The zero-order valence-electron chi connectivity index (χ0n) is 17.0. The molecule has 2 aromatic carbocycles. The second-order valence-electron chi connectivity index (χ2n) is 6.67. The Morgan fingerprint density at radius 1 is 1.00 bits per heavy atom. The highest BCUT2D eigenvalue weighted by Crippen LogP contribution is 2.16. The Balaban J connectivity index is 1.66. The Morgan fingerprint density at radius 3 is 2.37 bits per heavy atom. The molecule has 152 valence electrons. The molecule has 1 atom stereocenters. The molecule has 0 aliphatic heterocycles. The van der Waals surface area contributed by atoms with Gasteiger partial charge in [-0.1, -0.05) is 24.0 Å². The van der Waals surface area contributed by atoms with Gasteiger partial charge in [0.25, 0.3) is 0 Å². The summed E-state index contributed by atoms with van der Waals surface area (Å²) in [6.07, 6.45) is 0. The van der Waals surface area contributed by atoms with Crippen molar-refractivity contribution in [3.8, 4) is 11.8 Å². The minimum absolute atomic E-state index is 0.260. The van der Waals surface area contributed by atoms with E-state index in [1.165, 1.54) is 7.11 Å². The predicted molar refractivity (Wildman–Crippen MR) is 114 cm³/mol. The molecular formula is C24H22N2O4. The zero-order chi connectivity index (χ0) is 21.5. The lowest BCUT2D eigenvalue weighted by atomic mass is 10.1. The Hall–Kier alpha value is -3.98. The van der Waals surface area contributed by atoms with Crippen LogP contribution in [0.1, 0.15) is 46.0 Å². The maximum absolute atomic E-state index is 12.3. The molecule has 3 rings (SSSR count). The van der Waals surface area contributed by atoms with Gasteiger partial charge in [-0.05, 0) is 62.4 Å². The Labute approximate surface area is 175 Å².